The minimum Gasteiger partial charge on any atom is -0.466 e. The summed E-state index contributed by atoms with van der Waals surface area (Å²) in [4.78, 5) is 21.7. The third-order valence-corrected chi connectivity index (χ3v) is 1.94. The molecule has 1 aliphatic rings. The maximum Gasteiger partial charge on any atom is 0.312 e. The molecule has 0 aromatic heterocycles. The number of carbonyl (C=O) groups excluding carboxylic acids is 2. The first-order valence-electron chi connectivity index (χ1n) is 3.77. The van der Waals surface area contributed by atoms with Gasteiger partial charge in [-0.2, -0.15) is 0 Å². The fraction of sp³-hybridized carbons (Fsp3) is 0.750. The molecule has 1 aliphatic carbocycles. The van der Waals surface area contributed by atoms with Gasteiger partial charge in [-0.1, -0.05) is 0 Å². The number of esters is 1. The first-order chi connectivity index (χ1) is 5.08. The number of carbonyl (C=O) groups is 2. The Labute approximate surface area is 65.7 Å². The van der Waals surface area contributed by atoms with E-state index in [4.69, 9.17) is 4.74 Å². The normalized spacial score (nSPS) is 20.7. The molecular formula is C8H12O3. The predicted molar refractivity (Wildman–Crippen MR) is 39.0 cm³/mol. The van der Waals surface area contributed by atoms with Gasteiger partial charge in [-0.15, -0.1) is 0 Å². The van der Waals surface area contributed by atoms with Gasteiger partial charge in [0.25, 0.3) is 0 Å². The number of Topliss-reactive ketones (excluding diaryl/α,β-unsaturated/α-hetero) is 1. The van der Waals surface area contributed by atoms with E-state index in [-0.39, 0.29) is 11.8 Å². The maximum absolute atomic E-state index is 11.1. The average Bonchev–Trinajstić information content (AvgIpc) is 1.85. The Bertz CT molecular complexity index is 188. The van der Waals surface area contributed by atoms with Gasteiger partial charge in [0.05, 0.1) is 12.0 Å². The number of rotatable bonds is 2. The number of ketones is 1. The largest absolute Gasteiger partial charge is 0.466 e. The zero-order chi connectivity index (χ0) is 8.48. The van der Waals surface area contributed by atoms with Crippen LogP contribution in [-0.2, 0) is 14.3 Å². The van der Waals surface area contributed by atoms with Crippen molar-refractivity contribution in [2.45, 2.75) is 26.7 Å². The summed E-state index contributed by atoms with van der Waals surface area (Å²) in [5.74, 6) is -0.0832. The Hall–Kier alpha value is -0.860. The SMILES string of the molecule is CCOC(=O)C1(C)CC(=O)C1. The van der Waals surface area contributed by atoms with Crippen LogP contribution in [0.15, 0.2) is 0 Å². The second-order valence-corrected chi connectivity index (χ2v) is 3.17. The topological polar surface area (TPSA) is 43.4 Å². The lowest BCUT2D eigenvalue weighted by Crippen LogP contribution is -2.42. The van der Waals surface area contributed by atoms with Gasteiger partial charge in [-0.3, -0.25) is 9.59 Å². The Morgan fingerprint density at radius 3 is 2.55 bits per heavy atom. The summed E-state index contributed by atoms with van der Waals surface area (Å²) in [6.07, 6.45) is 0.706. The van der Waals surface area contributed by atoms with Gasteiger partial charge in [0, 0.05) is 12.8 Å². The first-order valence-corrected chi connectivity index (χ1v) is 3.77. The van der Waals surface area contributed by atoms with E-state index in [1.54, 1.807) is 13.8 Å². The zero-order valence-corrected chi connectivity index (χ0v) is 6.85. The predicted octanol–water partition coefficient (Wildman–Crippen LogP) is 0.919. The van der Waals surface area contributed by atoms with Crippen LogP contribution in [0, 0.1) is 5.41 Å². The van der Waals surface area contributed by atoms with Gasteiger partial charge in [-0.05, 0) is 13.8 Å². The monoisotopic (exact) mass is 156 g/mol. The first kappa shape index (κ1) is 8.24. The molecule has 0 aromatic carbocycles. The third-order valence-electron chi connectivity index (χ3n) is 1.94. The van der Waals surface area contributed by atoms with Crippen LogP contribution in [0.1, 0.15) is 26.7 Å². The van der Waals surface area contributed by atoms with Crippen molar-refractivity contribution >= 4 is 11.8 Å². The van der Waals surface area contributed by atoms with Crippen LogP contribution in [0.5, 0.6) is 0 Å². The van der Waals surface area contributed by atoms with Crippen molar-refractivity contribution in [3.8, 4) is 0 Å². The minimum absolute atomic E-state index is 0.153. The summed E-state index contributed by atoms with van der Waals surface area (Å²) in [5, 5.41) is 0. The van der Waals surface area contributed by atoms with Crippen LogP contribution in [0.2, 0.25) is 0 Å². The Morgan fingerprint density at radius 2 is 2.18 bits per heavy atom. The summed E-state index contributed by atoms with van der Waals surface area (Å²) in [7, 11) is 0. The molecule has 0 saturated heterocycles. The second-order valence-electron chi connectivity index (χ2n) is 3.17. The molecule has 0 heterocycles. The van der Waals surface area contributed by atoms with E-state index in [1.165, 1.54) is 0 Å². The molecule has 1 fully saturated rings. The lowest BCUT2D eigenvalue weighted by Gasteiger charge is -2.33. The molecule has 0 aliphatic heterocycles. The Morgan fingerprint density at radius 1 is 1.64 bits per heavy atom. The smallest absolute Gasteiger partial charge is 0.312 e. The quantitative estimate of drug-likeness (QED) is 0.558. The molecule has 3 nitrogen and oxygen atoms in total. The van der Waals surface area contributed by atoms with Gasteiger partial charge < -0.3 is 4.74 Å². The van der Waals surface area contributed by atoms with Gasteiger partial charge in [0.1, 0.15) is 5.78 Å². The Kier molecular flexibility index (Phi) is 1.98. The van der Waals surface area contributed by atoms with Crippen LogP contribution >= 0.6 is 0 Å². The molecule has 3 heteroatoms. The van der Waals surface area contributed by atoms with Crippen molar-refractivity contribution in [1.29, 1.82) is 0 Å². The number of ether oxygens (including phenoxy) is 1. The summed E-state index contributed by atoms with van der Waals surface area (Å²) in [6, 6.07) is 0. The van der Waals surface area contributed by atoms with Crippen molar-refractivity contribution in [2.24, 2.45) is 5.41 Å². The molecule has 0 aromatic rings. The molecule has 0 bridgehead atoms. The van der Waals surface area contributed by atoms with Crippen LogP contribution < -0.4 is 0 Å². The van der Waals surface area contributed by atoms with Crippen LogP contribution in [-0.4, -0.2) is 18.4 Å². The highest BCUT2D eigenvalue weighted by Gasteiger charge is 2.46. The van der Waals surface area contributed by atoms with Crippen molar-refractivity contribution in [3.63, 3.8) is 0 Å². The van der Waals surface area contributed by atoms with E-state index in [9.17, 15) is 9.59 Å². The molecule has 11 heavy (non-hydrogen) atoms. The average molecular weight is 156 g/mol. The highest BCUT2D eigenvalue weighted by Crippen LogP contribution is 2.38. The van der Waals surface area contributed by atoms with Crippen LogP contribution in [0.3, 0.4) is 0 Å². The fourth-order valence-corrected chi connectivity index (χ4v) is 1.27. The summed E-state index contributed by atoms with van der Waals surface area (Å²) < 4.78 is 4.81. The van der Waals surface area contributed by atoms with E-state index in [1.807, 2.05) is 0 Å². The molecule has 0 unspecified atom stereocenters. The van der Waals surface area contributed by atoms with Gasteiger partial charge in [-0.25, -0.2) is 0 Å². The van der Waals surface area contributed by atoms with Crippen molar-refractivity contribution < 1.29 is 14.3 Å². The molecule has 0 radical (unpaired) electrons. The molecular weight excluding hydrogens is 144 g/mol. The second kappa shape index (κ2) is 2.64. The number of hydrogen-bond acceptors (Lipinski definition) is 3. The highest BCUT2D eigenvalue weighted by molar-refractivity contribution is 5.97. The molecule has 0 amide bonds. The third kappa shape index (κ3) is 1.42. The van der Waals surface area contributed by atoms with Crippen LogP contribution in [0.25, 0.3) is 0 Å². The number of hydrogen-bond donors (Lipinski definition) is 0. The van der Waals surface area contributed by atoms with E-state index < -0.39 is 5.41 Å². The maximum atomic E-state index is 11.1. The summed E-state index contributed by atoms with van der Waals surface area (Å²) in [5.41, 5.74) is -0.507. The summed E-state index contributed by atoms with van der Waals surface area (Å²) >= 11 is 0. The molecule has 0 spiro atoms. The zero-order valence-electron chi connectivity index (χ0n) is 6.85. The van der Waals surface area contributed by atoms with E-state index >= 15 is 0 Å². The van der Waals surface area contributed by atoms with Crippen molar-refractivity contribution in [3.05, 3.63) is 0 Å². The standard InChI is InChI=1S/C8H12O3/c1-3-11-7(10)8(2)4-6(9)5-8/h3-5H2,1-2H3. The van der Waals surface area contributed by atoms with Crippen LogP contribution in [0.4, 0.5) is 0 Å². The van der Waals surface area contributed by atoms with Crippen molar-refractivity contribution in [2.75, 3.05) is 6.61 Å². The molecule has 1 rings (SSSR count). The summed E-state index contributed by atoms with van der Waals surface area (Å²) in [6.45, 7) is 3.93. The molecule has 0 atom stereocenters. The van der Waals surface area contributed by atoms with Gasteiger partial charge in [0.15, 0.2) is 0 Å². The molecule has 1 saturated carbocycles. The van der Waals surface area contributed by atoms with E-state index in [2.05, 4.69) is 0 Å². The highest BCUT2D eigenvalue weighted by atomic mass is 16.5. The van der Waals surface area contributed by atoms with E-state index in [0.29, 0.717) is 19.4 Å². The lowest BCUT2D eigenvalue weighted by atomic mass is 9.69. The molecule has 62 valence electrons. The minimum atomic E-state index is -0.507. The van der Waals surface area contributed by atoms with Gasteiger partial charge in [0.2, 0.25) is 0 Å². The van der Waals surface area contributed by atoms with Crippen molar-refractivity contribution in [1.82, 2.24) is 0 Å². The lowest BCUT2D eigenvalue weighted by molar-refractivity contribution is -0.164. The van der Waals surface area contributed by atoms with E-state index in [0.717, 1.165) is 0 Å². The van der Waals surface area contributed by atoms with Gasteiger partial charge >= 0.3 is 5.97 Å². The molecule has 0 N–H and O–H groups in total. The Balaban J connectivity index is 2.47. The fourth-order valence-electron chi connectivity index (χ4n) is 1.27.